The lowest BCUT2D eigenvalue weighted by molar-refractivity contribution is 1.26. The average molecular weight is 212 g/mol. The Morgan fingerprint density at radius 1 is 0.938 bits per heavy atom. The molecule has 2 N–H and O–H groups in total. The van der Waals surface area contributed by atoms with E-state index in [0.29, 0.717) is 5.82 Å². The van der Waals surface area contributed by atoms with Crippen LogP contribution >= 0.6 is 0 Å². The van der Waals surface area contributed by atoms with Crippen molar-refractivity contribution in [1.82, 2.24) is 4.98 Å². The van der Waals surface area contributed by atoms with Crippen LogP contribution < -0.4 is 5.73 Å². The number of nitrogen functional groups attached to an aromatic ring is 1. The van der Waals surface area contributed by atoms with Crippen molar-refractivity contribution in [3.8, 4) is 11.3 Å². The van der Waals surface area contributed by atoms with E-state index in [1.54, 1.807) is 0 Å². The third-order valence-corrected chi connectivity index (χ3v) is 2.76. The van der Waals surface area contributed by atoms with E-state index in [9.17, 15) is 0 Å². The molecule has 0 aliphatic carbocycles. The van der Waals surface area contributed by atoms with Gasteiger partial charge in [0.2, 0.25) is 0 Å². The molecule has 2 nitrogen and oxygen atoms in total. The van der Waals surface area contributed by atoms with Crippen LogP contribution in [-0.2, 0) is 0 Å². The number of rotatable bonds is 1. The highest BCUT2D eigenvalue weighted by Gasteiger charge is 2.07. The molecule has 0 spiro atoms. The van der Waals surface area contributed by atoms with Crippen molar-refractivity contribution in [3.63, 3.8) is 0 Å². The molecule has 0 bridgehead atoms. The summed E-state index contributed by atoms with van der Waals surface area (Å²) in [5.41, 5.74) is 11.5. The van der Waals surface area contributed by atoms with E-state index in [-0.39, 0.29) is 0 Å². The second-order valence-electron chi connectivity index (χ2n) is 4.22. The minimum atomic E-state index is 0.570. The predicted octanol–water partition coefficient (Wildman–Crippen LogP) is 3.26. The molecule has 0 aliphatic rings. The third kappa shape index (κ3) is 1.91. The normalized spacial score (nSPS) is 10.4. The highest BCUT2D eigenvalue weighted by Crippen LogP contribution is 2.26. The van der Waals surface area contributed by atoms with Gasteiger partial charge in [-0.2, -0.15) is 0 Å². The van der Waals surface area contributed by atoms with Gasteiger partial charge in [0.05, 0.1) is 5.69 Å². The number of hydrogen-bond donors (Lipinski definition) is 1. The van der Waals surface area contributed by atoms with Gasteiger partial charge in [-0.05, 0) is 38.0 Å². The molecule has 1 aromatic carbocycles. The van der Waals surface area contributed by atoms with E-state index in [2.05, 4.69) is 44.0 Å². The number of aryl methyl sites for hydroxylation is 3. The van der Waals surface area contributed by atoms with Crippen molar-refractivity contribution in [2.75, 3.05) is 5.73 Å². The van der Waals surface area contributed by atoms with E-state index in [1.165, 1.54) is 11.1 Å². The Kier molecular flexibility index (Phi) is 2.65. The van der Waals surface area contributed by atoms with Crippen LogP contribution in [0.15, 0.2) is 30.3 Å². The Hall–Kier alpha value is -1.83. The topological polar surface area (TPSA) is 38.9 Å². The molecule has 0 aliphatic heterocycles. The number of anilines is 1. The average Bonchev–Trinajstić information content (AvgIpc) is 2.22. The molecule has 2 rings (SSSR count). The minimum absolute atomic E-state index is 0.570. The van der Waals surface area contributed by atoms with Crippen molar-refractivity contribution in [3.05, 3.63) is 47.0 Å². The molecule has 82 valence electrons. The molecule has 2 heteroatoms. The van der Waals surface area contributed by atoms with Crippen molar-refractivity contribution >= 4 is 5.82 Å². The third-order valence-electron chi connectivity index (χ3n) is 2.76. The summed E-state index contributed by atoms with van der Waals surface area (Å²) >= 11 is 0. The summed E-state index contributed by atoms with van der Waals surface area (Å²) in [6.07, 6.45) is 0. The number of nitrogens with two attached hydrogens (primary N) is 1. The minimum Gasteiger partial charge on any atom is -0.384 e. The first-order chi connectivity index (χ1) is 7.58. The molecule has 0 atom stereocenters. The lowest BCUT2D eigenvalue weighted by Gasteiger charge is -2.09. The molecule has 0 amide bonds. The van der Waals surface area contributed by atoms with Crippen LogP contribution in [0.1, 0.15) is 16.7 Å². The van der Waals surface area contributed by atoms with Crippen LogP contribution in [0.5, 0.6) is 0 Å². The van der Waals surface area contributed by atoms with Gasteiger partial charge in [0.1, 0.15) is 5.82 Å². The first-order valence-corrected chi connectivity index (χ1v) is 5.38. The first kappa shape index (κ1) is 10.7. The zero-order valence-corrected chi connectivity index (χ0v) is 9.91. The second-order valence-corrected chi connectivity index (χ2v) is 4.22. The van der Waals surface area contributed by atoms with E-state index in [1.807, 2.05) is 12.1 Å². The SMILES string of the molecule is Cc1ccc(-c2nc(N)ccc2C)c(C)c1. The largest absolute Gasteiger partial charge is 0.384 e. The number of pyridine rings is 1. The molecular formula is C14H16N2. The fraction of sp³-hybridized carbons (Fsp3) is 0.214. The van der Waals surface area contributed by atoms with Crippen molar-refractivity contribution in [2.45, 2.75) is 20.8 Å². The zero-order chi connectivity index (χ0) is 11.7. The van der Waals surface area contributed by atoms with Crippen LogP contribution in [0.4, 0.5) is 5.82 Å². The number of nitrogens with zero attached hydrogens (tertiary/aromatic N) is 1. The van der Waals surface area contributed by atoms with Gasteiger partial charge < -0.3 is 5.73 Å². The molecule has 16 heavy (non-hydrogen) atoms. The highest BCUT2D eigenvalue weighted by atomic mass is 14.8. The van der Waals surface area contributed by atoms with E-state index in [4.69, 9.17) is 5.73 Å². The Morgan fingerprint density at radius 2 is 1.69 bits per heavy atom. The molecule has 0 radical (unpaired) electrons. The van der Waals surface area contributed by atoms with E-state index < -0.39 is 0 Å². The second kappa shape index (κ2) is 3.97. The van der Waals surface area contributed by atoms with Gasteiger partial charge in [-0.1, -0.05) is 29.8 Å². The molecule has 0 unspecified atom stereocenters. The molecule has 1 aromatic heterocycles. The molecule has 0 saturated carbocycles. The molecule has 1 heterocycles. The molecule has 0 saturated heterocycles. The highest BCUT2D eigenvalue weighted by molar-refractivity contribution is 5.68. The van der Waals surface area contributed by atoms with Gasteiger partial charge >= 0.3 is 0 Å². The summed E-state index contributed by atoms with van der Waals surface area (Å²) < 4.78 is 0. The summed E-state index contributed by atoms with van der Waals surface area (Å²) in [5, 5.41) is 0. The summed E-state index contributed by atoms with van der Waals surface area (Å²) in [4.78, 5) is 4.41. The fourth-order valence-corrected chi connectivity index (χ4v) is 1.90. The van der Waals surface area contributed by atoms with Crippen LogP contribution in [0.3, 0.4) is 0 Å². The molecule has 2 aromatic rings. The Morgan fingerprint density at radius 3 is 2.38 bits per heavy atom. The van der Waals surface area contributed by atoms with E-state index in [0.717, 1.165) is 16.8 Å². The number of benzene rings is 1. The Bertz CT molecular complexity index is 530. The van der Waals surface area contributed by atoms with Gasteiger partial charge in [-0.3, -0.25) is 0 Å². The maximum absolute atomic E-state index is 5.73. The lowest BCUT2D eigenvalue weighted by atomic mass is 10.00. The summed E-state index contributed by atoms with van der Waals surface area (Å²) in [6.45, 7) is 6.25. The maximum atomic E-state index is 5.73. The van der Waals surface area contributed by atoms with Gasteiger partial charge in [-0.25, -0.2) is 4.98 Å². The van der Waals surface area contributed by atoms with Crippen LogP contribution in [-0.4, -0.2) is 4.98 Å². The monoisotopic (exact) mass is 212 g/mol. The van der Waals surface area contributed by atoms with Crippen LogP contribution in [0.25, 0.3) is 11.3 Å². The fourth-order valence-electron chi connectivity index (χ4n) is 1.90. The standard InChI is InChI=1S/C14H16N2/c1-9-4-6-12(11(3)8-9)14-10(2)5-7-13(15)16-14/h4-8H,1-3H3,(H2,15,16). The van der Waals surface area contributed by atoms with E-state index >= 15 is 0 Å². The lowest BCUT2D eigenvalue weighted by Crippen LogP contribution is -1.96. The van der Waals surface area contributed by atoms with Crippen LogP contribution in [0, 0.1) is 20.8 Å². The first-order valence-electron chi connectivity index (χ1n) is 5.38. The summed E-state index contributed by atoms with van der Waals surface area (Å²) in [6, 6.07) is 10.2. The molecular weight excluding hydrogens is 196 g/mol. The Labute approximate surface area is 96.1 Å². The van der Waals surface area contributed by atoms with Gasteiger partial charge in [0.15, 0.2) is 0 Å². The quantitative estimate of drug-likeness (QED) is 0.788. The summed E-state index contributed by atoms with van der Waals surface area (Å²) in [5.74, 6) is 0.570. The van der Waals surface area contributed by atoms with Gasteiger partial charge in [0, 0.05) is 5.56 Å². The van der Waals surface area contributed by atoms with Crippen molar-refractivity contribution < 1.29 is 0 Å². The smallest absolute Gasteiger partial charge is 0.124 e. The van der Waals surface area contributed by atoms with Gasteiger partial charge in [-0.15, -0.1) is 0 Å². The van der Waals surface area contributed by atoms with Crippen LogP contribution in [0.2, 0.25) is 0 Å². The Balaban J connectivity index is 2.62. The zero-order valence-electron chi connectivity index (χ0n) is 9.91. The number of aromatic nitrogens is 1. The number of hydrogen-bond acceptors (Lipinski definition) is 2. The van der Waals surface area contributed by atoms with Crippen molar-refractivity contribution in [2.24, 2.45) is 0 Å². The molecule has 0 fully saturated rings. The maximum Gasteiger partial charge on any atom is 0.124 e. The predicted molar refractivity (Wildman–Crippen MR) is 68.3 cm³/mol. The van der Waals surface area contributed by atoms with Crippen molar-refractivity contribution in [1.29, 1.82) is 0 Å². The van der Waals surface area contributed by atoms with Gasteiger partial charge in [0.25, 0.3) is 0 Å². The summed E-state index contributed by atoms with van der Waals surface area (Å²) in [7, 11) is 0.